The molecule has 0 atom stereocenters. The van der Waals surface area contributed by atoms with E-state index >= 15 is 0 Å². The van der Waals surface area contributed by atoms with Crippen molar-refractivity contribution in [1.29, 1.82) is 0 Å². The smallest absolute Gasteiger partial charge is 0.229 e. The Morgan fingerprint density at radius 3 is 2.64 bits per heavy atom. The number of benzene rings is 2. The van der Waals surface area contributed by atoms with Crippen molar-refractivity contribution in [3.63, 3.8) is 0 Å². The lowest BCUT2D eigenvalue weighted by Gasteiger charge is -2.29. The SMILES string of the molecule is COc1ccc(CC(=O)Nc2ccc(N3CCCc4ccccc43)nn2)cc1. The van der Waals surface area contributed by atoms with Crippen molar-refractivity contribution in [2.24, 2.45) is 0 Å². The van der Waals surface area contributed by atoms with Crippen molar-refractivity contribution < 1.29 is 9.53 Å². The second-order valence-corrected chi connectivity index (χ2v) is 6.73. The van der Waals surface area contributed by atoms with E-state index < -0.39 is 0 Å². The number of carbonyl (C=O) groups is 1. The molecule has 1 aliphatic heterocycles. The van der Waals surface area contributed by atoms with Crippen LogP contribution >= 0.6 is 0 Å². The molecular weight excluding hydrogens is 352 g/mol. The molecule has 28 heavy (non-hydrogen) atoms. The maximum Gasteiger partial charge on any atom is 0.229 e. The van der Waals surface area contributed by atoms with Gasteiger partial charge >= 0.3 is 0 Å². The van der Waals surface area contributed by atoms with E-state index in [0.29, 0.717) is 5.82 Å². The first-order valence-electron chi connectivity index (χ1n) is 9.35. The van der Waals surface area contributed by atoms with Gasteiger partial charge in [-0.1, -0.05) is 30.3 Å². The van der Waals surface area contributed by atoms with Gasteiger partial charge in [0.2, 0.25) is 5.91 Å². The van der Waals surface area contributed by atoms with Gasteiger partial charge in [-0.2, -0.15) is 0 Å². The maximum absolute atomic E-state index is 12.3. The minimum Gasteiger partial charge on any atom is -0.497 e. The number of rotatable bonds is 5. The molecule has 2 heterocycles. The van der Waals surface area contributed by atoms with Crippen LogP contribution < -0.4 is 15.0 Å². The summed E-state index contributed by atoms with van der Waals surface area (Å²) in [6, 6.07) is 19.5. The topological polar surface area (TPSA) is 67.3 Å². The van der Waals surface area contributed by atoms with E-state index in [-0.39, 0.29) is 12.3 Å². The van der Waals surface area contributed by atoms with E-state index in [0.717, 1.165) is 36.5 Å². The monoisotopic (exact) mass is 374 g/mol. The molecule has 0 saturated carbocycles. The highest BCUT2D eigenvalue weighted by molar-refractivity contribution is 5.91. The molecule has 4 rings (SSSR count). The van der Waals surface area contributed by atoms with Crippen molar-refractivity contribution in [1.82, 2.24) is 10.2 Å². The summed E-state index contributed by atoms with van der Waals surface area (Å²) in [6.45, 7) is 0.912. The summed E-state index contributed by atoms with van der Waals surface area (Å²) < 4.78 is 5.13. The number of hydrogen-bond acceptors (Lipinski definition) is 5. The summed E-state index contributed by atoms with van der Waals surface area (Å²) in [4.78, 5) is 14.4. The van der Waals surface area contributed by atoms with Crippen LogP contribution in [0.4, 0.5) is 17.3 Å². The molecule has 0 bridgehead atoms. The molecule has 0 aliphatic carbocycles. The number of para-hydroxylation sites is 1. The normalized spacial score (nSPS) is 13.0. The standard InChI is InChI=1S/C22H22N4O2/c1-28-18-10-8-16(9-11-18)15-22(27)23-20-12-13-21(25-24-20)26-14-4-6-17-5-2-3-7-19(17)26/h2-3,5,7-13H,4,6,14-15H2,1H3,(H,23,24,27). The van der Waals surface area contributed by atoms with Gasteiger partial charge in [-0.15, -0.1) is 10.2 Å². The number of amides is 1. The second-order valence-electron chi connectivity index (χ2n) is 6.73. The van der Waals surface area contributed by atoms with Crippen molar-refractivity contribution in [3.05, 3.63) is 71.8 Å². The Balaban J connectivity index is 1.41. The molecule has 0 radical (unpaired) electrons. The van der Waals surface area contributed by atoms with Crippen LogP contribution in [0, 0.1) is 0 Å². The van der Waals surface area contributed by atoms with Gasteiger partial charge in [0.05, 0.1) is 13.5 Å². The fraction of sp³-hybridized carbons (Fsp3) is 0.227. The van der Waals surface area contributed by atoms with Crippen LogP contribution in [0.3, 0.4) is 0 Å². The molecule has 1 N–H and O–H groups in total. The lowest BCUT2D eigenvalue weighted by Crippen LogP contribution is -2.25. The number of carbonyl (C=O) groups excluding carboxylic acids is 1. The predicted octanol–water partition coefficient (Wildman–Crippen LogP) is 3.75. The first kappa shape index (κ1) is 18.0. The number of methoxy groups -OCH3 is 1. The largest absolute Gasteiger partial charge is 0.497 e. The molecule has 0 spiro atoms. The number of nitrogens with zero attached hydrogens (tertiary/aromatic N) is 3. The van der Waals surface area contributed by atoms with E-state index in [2.05, 4.69) is 38.6 Å². The highest BCUT2D eigenvalue weighted by atomic mass is 16.5. The molecular formula is C22H22N4O2. The Morgan fingerprint density at radius 2 is 1.89 bits per heavy atom. The number of fused-ring (bicyclic) bond motifs is 1. The second kappa shape index (κ2) is 8.08. The fourth-order valence-corrected chi connectivity index (χ4v) is 3.42. The van der Waals surface area contributed by atoms with E-state index in [1.165, 1.54) is 11.3 Å². The third kappa shape index (κ3) is 3.96. The molecule has 1 aromatic heterocycles. The van der Waals surface area contributed by atoms with Crippen molar-refractivity contribution in [2.75, 3.05) is 23.9 Å². The van der Waals surface area contributed by atoms with E-state index in [4.69, 9.17) is 4.74 Å². The van der Waals surface area contributed by atoms with Gasteiger partial charge in [0.1, 0.15) is 5.75 Å². The molecule has 3 aromatic rings. The van der Waals surface area contributed by atoms with Gasteiger partial charge in [0.25, 0.3) is 0 Å². The van der Waals surface area contributed by atoms with Crippen LogP contribution in [0.1, 0.15) is 17.5 Å². The number of ether oxygens (including phenoxy) is 1. The van der Waals surface area contributed by atoms with Gasteiger partial charge in [-0.05, 0) is 54.3 Å². The Kier molecular flexibility index (Phi) is 5.19. The number of aromatic nitrogens is 2. The minimum absolute atomic E-state index is 0.129. The molecule has 0 saturated heterocycles. The van der Waals surface area contributed by atoms with Crippen molar-refractivity contribution >= 4 is 23.2 Å². The van der Waals surface area contributed by atoms with Gasteiger partial charge in [-0.25, -0.2) is 0 Å². The van der Waals surface area contributed by atoms with E-state index in [1.54, 1.807) is 13.2 Å². The molecule has 1 amide bonds. The Labute approximate surface area is 164 Å². The summed E-state index contributed by atoms with van der Waals surface area (Å²) in [5.74, 6) is 1.88. The average Bonchev–Trinajstić information content (AvgIpc) is 2.74. The van der Waals surface area contributed by atoms with Crippen LogP contribution in [-0.2, 0) is 17.6 Å². The van der Waals surface area contributed by atoms with Crippen molar-refractivity contribution in [2.45, 2.75) is 19.3 Å². The van der Waals surface area contributed by atoms with E-state index in [9.17, 15) is 4.79 Å². The molecule has 0 unspecified atom stereocenters. The zero-order valence-corrected chi connectivity index (χ0v) is 15.8. The molecule has 0 fully saturated rings. The summed E-state index contributed by atoms with van der Waals surface area (Å²) in [5.41, 5.74) is 3.42. The molecule has 2 aromatic carbocycles. The van der Waals surface area contributed by atoms with E-state index in [1.807, 2.05) is 36.4 Å². The quantitative estimate of drug-likeness (QED) is 0.737. The highest BCUT2D eigenvalue weighted by Crippen LogP contribution is 2.31. The lowest BCUT2D eigenvalue weighted by molar-refractivity contribution is -0.115. The number of anilines is 3. The molecule has 1 aliphatic rings. The van der Waals surface area contributed by atoms with Crippen LogP contribution in [0.25, 0.3) is 0 Å². The highest BCUT2D eigenvalue weighted by Gasteiger charge is 2.19. The van der Waals surface area contributed by atoms with Crippen molar-refractivity contribution in [3.8, 4) is 5.75 Å². The van der Waals surface area contributed by atoms with Gasteiger partial charge in [0, 0.05) is 12.2 Å². The maximum atomic E-state index is 12.3. The van der Waals surface area contributed by atoms with Gasteiger partial charge in [-0.3, -0.25) is 4.79 Å². The average molecular weight is 374 g/mol. The van der Waals surface area contributed by atoms with Crippen LogP contribution in [0.2, 0.25) is 0 Å². The molecule has 142 valence electrons. The fourth-order valence-electron chi connectivity index (χ4n) is 3.42. The van der Waals surface area contributed by atoms with Crippen LogP contribution in [-0.4, -0.2) is 29.8 Å². The summed E-state index contributed by atoms with van der Waals surface area (Å²) in [7, 11) is 1.62. The van der Waals surface area contributed by atoms with Gasteiger partial charge < -0.3 is 15.0 Å². The predicted molar refractivity (Wildman–Crippen MR) is 109 cm³/mol. The Morgan fingerprint density at radius 1 is 1.07 bits per heavy atom. The molecule has 6 heteroatoms. The summed E-state index contributed by atoms with van der Waals surface area (Å²) in [6.07, 6.45) is 2.44. The summed E-state index contributed by atoms with van der Waals surface area (Å²) in [5, 5.41) is 11.3. The Hall–Kier alpha value is -3.41. The number of hydrogen-bond donors (Lipinski definition) is 1. The first-order valence-corrected chi connectivity index (χ1v) is 9.35. The zero-order valence-electron chi connectivity index (χ0n) is 15.8. The lowest BCUT2D eigenvalue weighted by atomic mass is 10.0. The minimum atomic E-state index is -0.129. The number of nitrogens with one attached hydrogen (secondary N) is 1. The third-order valence-electron chi connectivity index (χ3n) is 4.83. The third-order valence-corrected chi connectivity index (χ3v) is 4.83. The first-order chi connectivity index (χ1) is 13.7. The van der Waals surface area contributed by atoms with Crippen LogP contribution in [0.15, 0.2) is 60.7 Å². The molecule has 6 nitrogen and oxygen atoms in total. The van der Waals surface area contributed by atoms with Gasteiger partial charge in [0.15, 0.2) is 11.6 Å². The van der Waals surface area contributed by atoms with Crippen LogP contribution in [0.5, 0.6) is 5.75 Å². The number of aryl methyl sites for hydroxylation is 1. The summed E-state index contributed by atoms with van der Waals surface area (Å²) >= 11 is 0. The Bertz CT molecular complexity index is 955. The zero-order chi connectivity index (χ0) is 19.3.